The molecule has 31 heavy (non-hydrogen) atoms. The SMILES string of the molecule is O=[N+]([O-])c1ccc(OC2=C(Oc3ccc([N+](=O)[O-])cc3)C(F)(F)C(F)(F)C2(F)F)cc1. The van der Waals surface area contributed by atoms with E-state index in [-0.39, 0.29) is 0 Å². The highest BCUT2D eigenvalue weighted by atomic mass is 19.3. The van der Waals surface area contributed by atoms with Crippen molar-refractivity contribution in [2.75, 3.05) is 0 Å². The van der Waals surface area contributed by atoms with Crippen LogP contribution >= 0.6 is 0 Å². The van der Waals surface area contributed by atoms with Gasteiger partial charge in [0.2, 0.25) is 11.5 Å². The Bertz CT molecular complexity index is 986. The minimum Gasteiger partial charge on any atom is -0.451 e. The summed E-state index contributed by atoms with van der Waals surface area (Å²) in [4.78, 5) is 19.6. The second-order valence-corrected chi connectivity index (χ2v) is 6.09. The summed E-state index contributed by atoms with van der Waals surface area (Å²) < 4.78 is 93.7. The van der Waals surface area contributed by atoms with Crippen LogP contribution < -0.4 is 9.47 Å². The van der Waals surface area contributed by atoms with Gasteiger partial charge in [-0.25, -0.2) is 0 Å². The second kappa shape index (κ2) is 7.14. The highest BCUT2D eigenvalue weighted by Crippen LogP contribution is 2.59. The van der Waals surface area contributed by atoms with Gasteiger partial charge >= 0.3 is 17.8 Å². The molecular formula is C17H8F6N2O6. The van der Waals surface area contributed by atoms with Crippen LogP contribution in [0.15, 0.2) is 60.0 Å². The summed E-state index contributed by atoms with van der Waals surface area (Å²) >= 11 is 0. The van der Waals surface area contributed by atoms with Gasteiger partial charge in [0.05, 0.1) is 9.85 Å². The van der Waals surface area contributed by atoms with Gasteiger partial charge in [-0.1, -0.05) is 0 Å². The van der Waals surface area contributed by atoms with Gasteiger partial charge in [0.15, 0.2) is 0 Å². The molecule has 0 N–H and O–H groups in total. The largest absolute Gasteiger partial charge is 0.451 e. The molecule has 0 fully saturated rings. The van der Waals surface area contributed by atoms with E-state index in [9.17, 15) is 46.6 Å². The smallest absolute Gasteiger partial charge is 0.387 e. The van der Waals surface area contributed by atoms with Crippen molar-refractivity contribution >= 4 is 11.4 Å². The number of halogens is 6. The third-order valence-corrected chi connectivity index (χ3v) is 4.10. The zero-order chi connectivity index (χ0) is 23.2. The van der Waals surface area contributed by atoms with Gasteiger partial charge in [0.25, 0.3) is 11.4 Å². The first-order chi connectivity index (χ1) is 14.3. The van der Waals surface area contributed by atoms with Crippen LogP contribution in [0.5, 0.6) is 11.5 Å². The van der Waals surface area contributed by atoms with E-state index in [1.54, 1.807) is 0 Å². The Morgan fingerprint density at radius 2 is 0.903 bits per heavy atom. The van der Waals surface area contributed by atoms with Crippen LogP contribution in [-0.4, -0.2) is 27.6 Å². The Morgan fingerprint density at radius 1 is 0.613 bits per heavy atom. The maximum absolute atomic E-state index is 14.2. The van der Waals surface area contributed by atoms with Crippen LogP contribution in [0.1, 0.15) is 0 Å². The normalized spacial score (nSPS) is 18.5. The Morgan fingerprint density at radius 3 is 1.16 bits per heavy atom. The maximum Gasteiger partial charge on any atom is 0.387 e. The average molecular weight is 450 g/mol. The molecule has 0 saturated carbocycles. The number of benzene rings is 2. The number of nitrogens with zero attached hydrogens (tertiary/aromatic N) is 2. The lowest BCUT2D eigenvalue weighted by molar-refractivity contribution is -0.385. The van der Waals surface area contributed by atoms with Gasteiger partial charge < -0.3 is 9.47 Å². The van der Waals surface area contributed by atoms with Crippen LogP contribution in [0.4, 0.5) is 37.7 Å². The summed E-state index contributed by atoms with van der Waals surface area (Å²) in [5, 5.41) is 21.3. The molecule has 0 aliphatic heterocycles. The van der Waals surface area contributed by atoms with Crippen LogP contribution in [0, 0.1) is 20.2 Å². The summed E-state index contributed by atoms with van der Waals surface area (Å²) in [7, 11) is 0. The van der Waals surface area contributed by atoms with Gasteiger partial charge in [-0.15, -0.1) is 0 Å². The van der Waals surface area contributed by atoms with Crippen molar-refractivity contribution in [3.8, 4) is 11.5 Å². The van der Waals surface area contributed by atoms with E-state index >= 15 is 0 Å². The molecule has 0 bridgehead atoms. The number of hydrogen-bond acceptors (Lipinski definition) is 6. The fourth-order valence-electron chi connectivity index (χ4n) is 2.50. The summed E-state index contributed by atoms with van der Waals surface area (Å²) in [5.41, 5.74) is -1.00. The molecule has 1 aliphatic carbocycles. The number of rotatable bonds is 6. The summed E-state index contributed by atoms with van der Waals surface area (Å²) in [6.45, 7) is 0. The summed E-state index contributed by atoms with van der Waals surface area (Å²) in [6.07, 6.45) is 0. The molecule has 1 aliphatic rings. The minimum atomic E-state index is -5.94. The van der Waals surface area contributed by atoms with Crippen molar-refractivity contribution in [1.82, 2.24) is 0 Å². The molecule has 0 atom stereocenters. The van der Waals surface area contributed by atoms with Crippen molar-refractivity contribution < 1.29 is 45.7 Å². The zero-order valence-corrected chi connectivity index (χ0v) is 14.7. The molecule has 0 radical (unpaired) electrons. The number of non-ortho nitro benzene ring substituents is 2. The van der Waals surface area contributed by atoms with Gasteiger partial charge in [-0.3, -0.25) is 20.2 Å². The third-order valence-electron chi connectivity index (χ3n) is 4.10. The summed E-state index contributed by atoms with van der Waals surface area (Å²) in [5.74, 6) is -22.8. The van der Waals surface area contributed by atoms with E-state index in [1.165, 1.54) is 0 Å². The standard InChI is InChI=1S/C17H8F6N2O6/c18-15(19)13(30-11-5-1-9(2-6-11)24(26)27)14(16(20,21)17(15,22)23)31-12-7-3-10(4-8-12)25(28)29/h1-8H. The fourth-order valence-corrected chi connectivity index (χ4v) is 2.50. The number of ether oxygens (including phenoxy) is 2. The van der Waals surface area contributed by atoms with Crippen molar-refractivity contribution in [1.29, 1.82) is 0 Å². The number of allylic oxidation sites excluding steroid dienone is 2. The minimum absolute atomic E-state index is 0.502. The Kier molecular flexibility index (Phi) is 5.03. The van der Waals surface area contributed by atoms with E-state index in [1.807, 2.05) is 0 Å². The lowest BCUT2D eigenvalue weighted by Crippen LogP contribution is -2.50. The predicted octanol–water partition coefficient (Wildman–Crippen LogP) is 5.09. The number of hydrogen-bond donors (Lipinski definition) is 0. The summed E-state index contributed by atoms with van der Waals surface area (Å²) in [6, 6.07) is 6.04. The molecule has 8 nitrogen and oxygen atoms in total. The predicted molar refractivity (Wildman–Crippen MR) is 89.3 cm³/mol. The third kappa shape index (κ3) is 3.49. The van der Waals surface area contributed by atoms with Crippen molar-refractivity contribution in [3.05, 3.63) is 80.3 Å². The van der Waals surface area contributed by atoms with E-state index < -0.39 is 62.0 Å². The molecule has 0 heterocycles. The highest BCUT2D eigenvalue weighted by molar-refractivity contribution is 5.43. The molecule has 0 unspecified atom stereocenters. The van der Waals surface area contributed by atoms with E-state index in [0.717, 1.165) is 48.5 Å². The zero-order valence-electron chi connectivity index (χ0n) is 14.7. The first-order valence-electron chi connectivity index (χ1n) is 8.02. The van der Waals surface area contributed by atoms with Crippen molar-refractivity contribution in [2.24, 2.45) is 0 Å². The van der Waals surface area contributed by atoms with Gasteiger partial charge in [0.1, 0.15) is 11.5 Å². The van der Waals surface area contributed by atoms with Crippen molar-refractivity contribution in [3.63, 3.8) is 0 Å². The fraction of sp³-hybridized carbons (Fsp3) is 0.176. The molecule has 3 rings (SSSR count). The molecule has 0 spiro atoms. The first-order valence-corrected chi connectivity index (χ1v) is 8.02. The lowest BCUT2D eigenvalue weighted by atomic mass is 10.1. The number of nitro groups is 2. The molecule has 0 amide bonds. The average Bonchev–Trinajstić information content (AvgIpc) is 2.79. The Balaban J connectivity index is 2.05. The molecule has 2 aromatic rings. The Hall–Kier alpha value is -3.84. The second-order valence-electron chi connectivity index (χ2n) is 6.09. The van der Waals surface area contributed by atoms with E-state index in [4.69, 9.17) is 0 Å². The Labute approximate surface area is 167 Å². The highest BCUT2D eigenvalue weighted by Gasteiger charge is 2.83. The van der Waals surface area contributed by atoms with Crippen LogP contribution in [0.2, 0.25) is 0 Å². The van der Waals surface area contributed by atoms with E-state index in [2.05, 4.69) is 9.47 Å². The topological polar surface area (TPSA) is 105 Å². The maximum atomic E-state index is 14.2. The molecule has 0 saturated heterocycles. The molecule has 14 heteroatoms. The van der Waals surface area contributed by atoms with E-state index in [0.29, 0.717) is 0 Å². The lowest BCUT2D eigenvalue weighted by Gasteiger charge is -2.24. The number of alkyl halides is 6. The van der Waals surface area contributed by atoms with Gasteiger partial charge in [-0.05, 0) is 24.3 Å². The monoisotopic (exact) mass is 450 g/mol. The van der Waals surface area contributed by atoms with Gasteiger partial charge in [-0.2, -0.15) is 26.3 Å². The van der Waals surface area contributed by atoms with Crippen LogP contribution in [-0.2, 0) is 0 Å². The van der Waals surface area contributed by atoms with Gasteiger partial charge in [0, 0.05) is 24.3 Å². The van der Waals surface area contributed by atoms with Crippen LogP contribution in [0.3, 0.4) is 0 Å². The van der Waals surface area contributed by atoms with Crippen molar-refractivity contribution in [2.45, 2.75) is 17.8 Å². The molecule has 0 aromatic heterocycles. The quantitative estimate of drug-likeness (QED) is 0.345. The first kappa shape index (κ1) is 21.9. The molecule has 2 aromatic carbocycles. The molecular weight excluding hydrogens is 442 g/mol. The van der Waals surface area contributed by atoms with Crippen LogP contribution in [0.25, 0.3) is 0 Å². The molecule has 164 valence electrons. The number of nitro benzene ring substituents is 2.